The fourth-order valence-electron chi connectivity index (χ4n) is 3.92. The van der Waals surface area contributed by atoms with E-state index in [2.05, 4.69) is 51.4 Å². The minimum absolute atomic E-state index is 0.334. The fourth-order valence-corrected chi connectivity index (χ4v) is 4.60. The molecule has 5 rings (SSSR count). The Bertz CT molecular complexity index is 1180. The largest absolute Gasteiger partial charge is 0.304 e. The molecular weight excluding hydrogens is 410 g/mol. The topological polar surface area (TPSA) is 70.5 Å². The van der Waals surface area contributed by atoms with Crippen LogP contribution in [0.3, 0.4) is 0 Å². The van der Waals surface area contributed by atoms with Gasteiger partial charge in [-0.3, -0.25) is 24.4 Å². The number of hydrogen-bond donors (Lipinski definition) is 1. The maximum absolute atomic E-state index is 11.8. The lowest BCUT2D eigenvalue weighted by Crippen LogP contribution is -2.43. The van der Waals surface area contributed by atoms with Gasteiger partial charge in [-0.05, 0) is 60.3 Å². The molecule has 31 heavy (non-hydrogen) atoms. The van der Waals surface area contributed by atoms with Gasteiger partial charge in [-0.2, -0.15) is 0 Å². The summed E-state index contributed by atoms with van der Waals surface area (Å²) in [5.41, 5.74) is 5.03. The number of fused-ring (bicyclic) bond motifs is 1. The number of imide groups is 1. The van der Waals surface area contributed by atoms with Crippen LogP contribution >= 0.6 is 11.8 Å². The highest BCUT2D eigenvalue weighted by Gasteiger charge is 2.25. The third-order valence-corrected chi connectivity index (χ3v) is 6.54. The predicted octanol–water partition coefficient (Wildman–Crippen LogP) is 3.10. The van der Waals surface area contributed by atoms with E-state index >= 15 is 0 Å². The average Bonchev–Trinajstić information content (AvgIpc) is 3.32. The number of piperazine rings is 1. The molecule has 0 unspecified atom stereocenters. The number of imidazole rings is 1. The number of benzene rings is 2. The van der Waals surface area contributed by atoms with E-state index in [0.717, 1.165) is 66.8 Å². The molecule has 158 valence electrons. The van der Waals surface area contributed by atoms with Crippen molar-refractivity contribution in [2.75, 3.05) is 33.2 Å². The van der Waals surface area contributed by atoms with Gasteiger partial charge in [-0.25, -0.2) is 4.98 Å². The van der Waals surface area contributed by atoms with Crippen molar-refractivity contribution < 1.29 is 9.59 Å². The van der Waals surface area contributed by atoms with E-state index in [1.807, 2.05) is 29.1 Å². The number of hydrogen-bond acceptors (Lipinski definition) is 6. The van der Waals surface area contributed by atoms with E-state index in [4.69, 9.17) is 0 Å². The summed E-state index contributed by atoms with van der Waals surface area (Å²) in [7, 11) is 2.17. The number of carbonyl (C=O) groups is 2. The zero-order valence-electron chi connectivity index (χ0n) is 17.2. The highest BCUT2D eigenvalue weighted by atomic mass is 32.2. The second-order valence-electron chi connectivity index (χ2n) is 7.96. The molecule has 1 N–H and O–H groups in total. The van der Waals surface area contributed by atoms with Crippen LogP contribution in [0.15, 0.2) is 53.7 Å². The first-order valence-electron chi connectivity index (χ1n) is 10.3. The van der Waals surface area contributed by atoms with Crippen LogP contribution in [0.4, 0.5) is 4.79 Å². The Morgan fingerprint density at radius 1 is 1.06 bits per heavy atom. The molecule has 2 amide bonds. The van der Waals surface area contributed by atoms with E-state index in [9.17, 15) is 9.59 Å². The molecule has 3 aromatic rings. The highest BCUT2D eigenvalue weighted by molar-refractivity contribution is 8.18. The fraction of sp³-hybridized carbons (Fsp3) is 0.261. The second-order valence-corrected chi connectivity index (χ2v) is 8.98. The van der Waals surface area contributed by atoms with Crippen LogP contribution in [0.5, 0.6) is 0 Å². The summed E-state index contributed by atoms with van der Waals surface area (Å²) >= 11 is 0.925. The molecule has 1 aromatic heterocycles. The van der Waals surface area contributed by atoms with Crippen molar-refractivity contribution in [1.29, 1.82) is 0 Å². The Morgan fingerprint density at radius 2 is 1.84 bits per heavy atom. The van der Waals surface area contributed by atoms with Gasteiger partial charge >= 0.3 is 0 Å². The van der Waals surface area contributed by atoms with Crippen LogP contribution in [-0.2, 0) is 11.3 Å². The van der Waals surface area contributed by atoms with Gasteiger partial charge in [0.05, 0.1) is 15.9 Å². The molecule has 8 heteroatoms. The highest BCUT2D eigenvalue weighted by Crippen LogP contribution is 2.27. The van der Waals surface area contributed by atoms with Gasteiger partial charge in [0.25, 0.3) is 11.1 Å². The van der Waals surface area contributed by atoms with Crippen LogP contribution in [-0.4, -0.2) is 63.7 Å². The van der Waals surface area contributed by atoms with Gasteiger partial charge in [-0.1, -0.05) is 18.2 Å². The third-order valence-electron chi connectivity index (χ3n) is 5.73. The number of likely N-dealkylation sites (N-methyl/N-ethyl adjacent to an activating group) is 1. The number of amides is 2. The zero-order valence-corrected chi connectivity index (χ0v) is 18.1. The van der Waals surface area contributed by atoms with Crippen molar-refractivity contribution in [3.05, 3.63) is 64.8 Å². The first kappa shape index (κ1) is 20.0. The predicted molar refractivity (Wildman–Crippen MR) is 123 cm³/mol. The van der Waals surface area contributed by atoms with Crippen LogP contribution < -0.4 is 5.32 Å². The molecule has 2 aliphatic rings. The number of carbonyl (C=O) groups excluding carboxylic acids is 2. The zero-order chi connectivity index (χ0) is 21.4. The monoisotopic (exact) mass is 433 g/mol. The number of nitrogens with one attached hydrogen (secondary N) is 1. The number of nitrogens with zero attached hydrogens (tertiary/aromatic N) is 4. The maximum Gasteiger partial charge on any atom is 0.290 e. The van der Waals surface area contributed by atoms with Gasteiger partial charge in [-0.15, -0.1) is 0 Å². The van der Waals surface area contributed by atoms with Crippen LogP contribution in [0.1, 0.15) is 11.1 Å². The molecule has 0 atom stereocenters. The SMILES string of the molecule is CN1CCN(Cc2ccc(-n3cnc4ccc(/C=C5\SC(=O)NC5=O)cc43)cc2)CC1. The van der Waals surface area contributed by atoms with Gasteiger partial charge in [0.15, 0.2) is 0 Å². The smallest absolute Gasteiger partial charge is 0.290 e. The Kier molecular flexibility index (Phi) is 5.35. The van der Waals surface area contributed by atoms with Crippen molar-refractivity contribution in [3.8, 4) is 5.69 Å². The average molecular weight is 434 g/mol. The summed E-state index contributed by atoms with van der Waals surface area (Å²) in [5.74, 6) is -0.348. The van der Waals surface area contributed by atoms with E-state index < -0.39 is 0 Å². The van der Waals surface area contributed by atoms with E-state index in [-0.39, 0.29) is 11.1 Å². The van der Waals surface area contributed by atoms with Gasteiger partial charge in [0, 0.05) is 38.4 Å². The molecule has 2 aliphatic heterocycles. The molecule has 7 nitrogen and oxygen atoms in total. The van der Waals surface area contributed by atoms with Crippen LogP contribution in [0.2, 0.25) is 0 Å². The van der Waals surface area contributed by atoms with Crippen molar-refractivity contribution >= 4 is 40.0 Å². The number of thioether (sulfide) groups is 1. The lowest BCUT2D eigenvalue weighted by molar-refractivity contribution is -0.115. The van der Waals surface area contributed by atoms with E-state index in [1.54, 1.807) is 6.08 Å². The van der Waals surface area contributed by atoms with Crippen molar-refractivity contribution in [1.82, 2.24) is 24.7 Å². The quantitative estimate of drug-likeness (QED) is 0.638. The van der Waals surface area contributed by atoms with Gasteiger partial charge in [0.1, 0.15) is 6.33 Å². The summed E-state index contributed by atoms with van der Waals surface area (Å²) in [6.45, 7) is 5.40. The minimum atomic E-state index is -0.348. The summed E-state index contributed by atoms with van der Waals surface area (Å²) in [6.07, 6.45) is 3.55. The standard InChI is InChI=1S/C23H23N5O2S/c1-26-8-10-27(11-9-26)14-16-2-5-18(6-3-16)28-15-24-19-7-4-17(12-20(19)28)13-21-22(29)25-23(30)31-21/h2-7,12-13,15H,8-11,14H2,1H3,(H,25,29,30)/b21-13-. The molecule has 0 bridgehead atoms. The number of rotatable bonds is 4. The summed E-state index contributed by atoms with van der Waals surface area (Å²) in [4.78, 5) is 33.0. The molecule has 2 aromatic carbocycles. The summed E-state index contributed by atoms with van der Waals surface area (Å²) < 4.78 is 2.05. The van der Waals surface area contributed by atoms with Crippen molar-refractivity contribution in [3.63, 3.8) is 0 Å². The molecule has 0 radical (unpaired) electrons. The maximum atomic E-state index is 11.8. The summed E-state index contributed by atoms with van der Waals surface area (Å²) in [5, 5.41) is 1.95. The van der Waals surface area contributed by atoms with Gasteiger partial charge in [0.2, 0.25) is 0 Å². The Morgan fingerprint density at radius 3 is 2.55 bits per heavy atom. The Balaban J connectivity index is 1.38. The van der Waals surface area contributed by atoms with Crippen LogP contribution in [0.25, 0.3) is 22.8 Å². The summed E-state index contributed by atoms with van der Waals surface area (Å²) in [6, 6.07) is 14.4. The number of aromatic nitrogens is 2. The lowest BCUT2D eigenvalue weighted by atomic mass is 10.1. The van der Waals surface area contributed by atoms with Gasteiger partial charge < -0.3 is 4.90 Å². The first-order valence-corrected chi connectivity index (χ1v) is 11.1. The Labute approximate surface area is 184 Å². The molecule has 2 saturated heterocycles. The molecule has 0 spiro atoms. The molecule has 2 fully saturated rings. The first-order chi connectivity index (χ1) is 15.0. The van der Waals surface area contributed by atoms with E-state index in [0.29, 0.717) is 4.91 Å². The third kappa shape index (κ3) is 4.27. The second kappa shape index (κ2) is 8.30. The van der Waals surface area contributed by atoms with Crippen LogP contribution in [0, 0.1) is 0 Å². The molecule has 3 heterocycles. The Hall–Kier alpha value is -2.94. The minimum Gasteiger partial charge on any atom is -0.304 e. The molecule has 0 saturated carbocycles. The molecule has 0 aliphatic carbocycles. The van der Waals surface area contributed by atoms with Crippen molar-refractivity contribution in [2.24, 2.45) is 0 Å². The van der Waals surface area contributed by atoms with E-state index in [1.165, 1.54) is 5.56 Å². The normalized spacial score (nSPS) is 19.5. The molecular formula is C23H23N5O2S. The van der Waals surface area contributed by atoms with Crippen molar-refractivity contribution in [2.45, 2.75) is 6.54 Å². The lowest BCUT2D eigenvalue weighted by Gasteiger charge is -2.32.